The zero-order valence-corrected chi connectivity index (χ0v) is 32.7. The van der Waals surface area contributed by atoms with E-state index in [2.05, 4.69) is 46.2 Å². The van der Waals surface area contributed by atoms with Gasteiger partial charge in [-0.05, 0) is 119 Å². The van der Waals surface area contributed by atoms with E-state index in [-0.39, 0.29) is 29.6 Å². The largest absolute Gasteiger partial charge is 0.497 e. The maximum atomic E-state index is 14.8. The zero-order valence-electron chi connectivity index (χ0n) is 31.9. The van der Waals surface area contributed by atoms with Gasteiger partial charge >= 0.3 is 0 Å². The van der Waals surface area contributed by atoms with Crippen LogP contribution in [0, 0.1) is 0 Å². The molecule has 4 aliphatic rings. The Hall–Kier alpha value is -4.42. The van der Waals surface area contributed by atoms with E-state index in [9.17, 15) is 18.0 Å². The van der Waals surface area contributed by atoms with Crippen molar-refractivity contribution in [3.05, 3.63) is 70.5 Å². The van der Waals surface area contributed by atoms with Gasteiger partial charge in [-0.15, -0.1) is 0 Å². The fourth-order valence-corrected chi connectivity index (χ4v) is 9.78. The van der Waals surface area contributed by atoms with Crippen LogP contribution in [0.2, 0.25) is 0 Å². The van der Waals surface area contributed by atoms with Gasteiger partial charge in [0.2, 0.25) is 10.0 Å². The van der Waals surface area contributed by atoms with Crippen LogP contribution in [0.5, 0.6) is 5.75 Å². The van der Waals surface area contributed by atoms with E-state index < -0.39 is 21.2 Å². The number of hydrogen-bond donors (Lipinski definition) is 1. The summed E-state index contributed by atoms with van der Waals surface area (Å²) in [5.41, 5.74) is 7.74. The van der Waals surface area contributed by atoms with Crippen LogP contribution in [0.1, 0.15) is 129 Å². The molecular formula is C42H51N5O6S. The fraction of sp³-hybridized carbons (Fsp3) is 0.500. The predicted molar refractivity (Wildman–Crippen MR) is 210 cm³/mol. The number of piperidine rings is 1. The Bertz CT molecular complexity index is 2240. The lowest BCUT2D eigenvalue weighted by molar-refractivity contribution is -0.0566. The number of nitrogens with zero attached hydrogens (tertiary/aromatic N) is 4. The highest BCUT2D eigenvalue weighted by Crippen LogP contribution is 2.48. The molecule has 2 amide bonds. The highest BCUT2D eigenvalue weighted by Gasteiger charge is 2.40. The van der Waals surface area contributed by atoms with Gasteiger partial charge in [0.1, 0.15) is 5.75 Å². The molecule has 12 heteroatoms. The van der Waals surface area contributed by atoms with Gasteiger partial charge in [-0.2, -0.15) is 5.10 Å². The minimum absolute atomic E-state index is 0.0169. The van der Waals surface area contributed by atoms with Crippen LogP contribution in [0.15, 0.2) is 42.6 Å². The number of allylic oxidation sites excluding steroid dienone is 1. The number of aromatic nitrogens is 3. The lowest BCUT2D eigenvalue weighted by Gasteiger charge is -2.45. The zero-order chi connectivity index (χ0) is 37.9. The molecule has 0 radical (unpaired) electrons. The summed E-state index contributed by atoms with van der Waals surface area (Å²) >= 11 is 0. The monoisotopic (exact) mass is 753 g/mol. The first-order valence-electron chi connectivity index (χ1n) is 19.6. The normalized spacial score (nSPS) is 20.4. The predicted octanol–water partition coefficient (Wildman–Crippen LogP) is 7.56. The lowest BCUT2D eigenvalue weighted by atomic mass is 9.81. The van der Waals surface area contributed by atoms with Gasteiger partial charge in [0.15, 0.2) is 0 Å². The number of hydrogen-bond acceptors (Lipinski definition) is 7. The summed E-state index contributed by atoms with van der Waals surface area (Å²) in [6.45, 7) is 8.75. The number of sulfonamides is 1. The summed E-state index contributed by atoms with van der Waals surface area (Å²) < 4.78 is 43.8. The second-order valence-corrected chi connectivity index (χ2v) is 18.2. The quantitative estimate of drug-likeness (QED) is 0.197. The third-order valence-electron chi connectivity index (χ3n) is 11.9. The minimum Gasteiger partial charge on any atom is -0.497 e. The van der Waals surface area contributed by atoms with E-state index in [1.54, 1.807) is 33.2 Å². The summed E-state index contributed by atoms with van der Waals surface area (Å²) in [6, 6.07) is 11.8. The number of ether oxygens (including phenoxy) is 2. The second-order valence-electron chi connectivity index (χ2n) is 16.0. The number of amides is 2. The Labute approximate surface area is 317 Å². The molecule has 1 unspecified atom stereocenters. The van der Waals surface area contributed by atoms with Gasteiger partial charge < -0.3 is 18.9 Å². The summed E-state index contributed by atoms with van der Waals surface area (Å²) in [7, 11) is -2.17. The topological polar surface area (TPSA) is 125 Å². The van der Waals surface area contributed by atoms with E-state index in [1.165, 1.54) is 12.0 Å². The molecule has 0 spiro atoms. The lowest BCUT2D eigenvalue weighted by Crippen LogP contribution is -2.57. The molecule has 2 saturated heterocycles. The number of rotatable bonds is 8. The standard InChI is InChI=1S/C42H51N5O6S/c1-25(2)47-39(36(21-43-47)42(49)46-31-12-9-13-32(46)24-53-23-31)30-18-29-19-33(52-5)15-17-34(29)40-38(27-10-7-6-8-11-27)35-16-14-28(20-37(35)45(40)22-30)41(48)44-54(50,51)26(3)4/h14-21,25-27,31-32H,6-13,22-24H2,1-5H3,(H,44,48)/t31-,32?/m1/s1. The summed E-state index contributed by atoms with van der Waals surface area (Å²) in [5.74, 6) is 0.371. The van der Waals surface area contributed by atoms with Crippen molar-refractivity contribution in [1.82, 2.24) is 24.0 Å². The van der Waals surface area contributed by atoms with E-state index in [0.717, 1.165) is 89.7 Å². The molecule has 286 valence electrons. The van der Waals surface area contributed by atoms with E-state index in [0.29, 0.717) is 31.2 Å². The average Bonchev–Trinajstić information content (AvgIpc) is 3.69. The molecule has 3 aliphatic heterocycles. The van der Waals surface area contributed by atoms with Gasteiger partial charge in [0.05, 0.1) is 67.4 Å². The van der Waals surface area contributed by atoms with Gasteiger partial charge in [-0.1, -0.05) is 25.3 Å². The fourth-order valence-electron chi connectivity index (χ4n) is 9.17. The summed E-state index contributed by atoms with van der Waals surface area (Å²) in [6.07, 6.45) is 12.5. The summed E-state index contributed by atoms with van der Waals surface area (Å²) in [4.78, 5) is 30.4. The number of methoxy groups -OCH3 is 1. The molecular weight excluding hydrogens is 703 g/mol. The number of carbonyl (C=O) groups excluding carboxylic acids is 2. The Kier molecular flexibility index (Phi) is 9.71. The van der Waals surface area contributed by atoms with Crippen molar-refractivity contribution in [2.75, 3.05) is 20.3 Å². The molecule has 1 aliphatic carbocycles. The third kappa shape index (κ3) is 6.34. The van der Waals surface area contributed by atoms with Crippen molar-refractivity contribution in [3.63, 3.8) is 0 Å². The van der Waals surface area contributed by atoms with Crippen molar-refractivity contribution in [2.24, 2.45) is 0 Å². The molecule has 2 aromatic heterocycles. The van der Waals surface area contributed by atoms with Crippen molar-refractivity contribution < 1.29 is 27.5 Å². The Morgan fingerprint density at radius 1 is 0.926 bits per heavy atom. The average molecular weight is 754 g/mol. The molecule has 54 heavy (non-hydrogen) atoms. The van der Waals surface area contributed by atoms with Crippen LogP contribution in [0.25, 0.3) is 33.8 Å². The van der Waals surface area contributed by atoms with Crippen molar-refractivity contribution >= 4 is 44.4 Å². The maximum Gasteiger partial charge on any atom is 0.264 e. The molecule has 4 aromatic rings. The number of benzene rings is 2. The van der Waals surface area contributed by atoms with Gasteiger partial charge in [-0.3, -0.25) is 14.3 Å². The van der Waals surface area contributed by atoms with E-state index in [1.807, 2.05) is 22.9 Å². The van der Waals surface area contributed by atoms with Gasteiger partial charge in [0.25, 0.3) is 11.8 Å². The molecule has 2 bridgehead atoms. The van der Waals surface area contributed by atoms with Gasteiger partial charge in [0, 0.05) is 28.1 Å². The molecule has 1 saturated carbocycles. The van der Waals surface area contributed by atoms with E-state index >= 15 is 0 Å². The first-order valence-corrected chi connectivity index (χ1v) is 21.1. The Morgan fingerprint density at radius 3 is 2.35 bits per heavy atom. The van der Waals surface area contributed by atoms with Crippen LogP contribution < -0.4 is 9.46 Å². The first-order chi connectivity index (χ1) is 26.0. The van der Waals surface area contributed by atoms with Crippen molar-refractivity contribution in [1.29, 1.82) is 0 Å². The minimum atomic E-state index is -3.84. The van der Waals surface area contributed by atoms with Crippen LogP contribution >= 0.6 is 0 Å². The molecule has 2 atom stereocenters. The smallest absolute Gasteiger partial charge is 0.264 e. The molecule has 3 fully saturated rings. The number of morpholine rings is 1. The molecule has 2 aromatic carbocycles. The first kappa shape index (κ1) is 36.6. The van der Waals surface area contributed by atoms with Gasteiger partial charge in [-0.25, -0.2) is 13.1 Å². The highest BCUT2D eigenvalue weighted by molar-refractivity contribution is 7.90. The Balaban J connectivity index is 1.35. The van der Waals surface area contributed by atoms with Crippen molar-refractivity contribution in [3.8, 4) is 17.0 Å². The molecule has 5 heterocycles. The maximum absolute atomic E-state index is 14.8. The third-order valence-corrected chi connectivity index (χ3v) is 13.7. The molecule has 11 nitrogen and oxygen atoms in total. The van der Waals surface area contributed by atoms with Crippen LogP contribution in [0.3, 0.4) is 0 Å². The Morgan fingerprint density at radius 2 is 1.67 bits per heavy atom. The second kappa shape index (κ2) is 14.3. The van der Waals surface area contributed by atoms with Crippen LogP contribution in [0.4, 0.5) is 0 Å². The number of nitrogens with one attached hydrogen (secondary N) is 1. The number of carbonyl (C=O) groups is 2. The van der Waals surface area contributed by atoms with Crippen LogP contribution in [-0.2, 0) is 21.3 Å². The molecule has 8 rings (SSSR count). The number of fused-ring (bicyclic) bond motifs is 7. The van der Waals surface area contributed by atoms with Crippen molar-refractivity contribution in [2.45, 2.75) is 115 Å². The SMILES string of the molecule is COc1ccc2c(c1)C=C(c1c(C(=O)N3C4CCC[C@@H]3COC4)cnn1C(C)C)Cn1c-2c(C2CCCCC2)c2ccc(C(=O)NS(=O)(=O)C(C)C)cc21. The van der Waals surface area contributed by atoms with Crippen LogP contribution in [-0.4, -0.2) is 77.1 Å². The van der Waals surface area contributed by atoms with E-state index in [4.69, 9.17) is 14.6 Å². The molecule has 1 N–H and O–H groups in total. The summed E-state index contributed by atoms with van der Waals surface area (Å²) in [5, 5.41) is 5.15. The highest BCUT2D eigenvalue weighted by atomic mass is 32.2.